The van der Waals surface area contributed by atoms with Crippen LogP contribution in [0.1, 0.15) is 93.9 Å². The number of hydrogen-bond acceptors (Lipinski definition) is 9. The molecule has 4 aromatic carbocycles. The number of carbonyl (C=O) groups is 3. The fourth-order valence-corrected chi connectivity index (χ4v) is 7.27. The van der Waals surface area contributed by atoms with Crippen molar-refractivity contribution in [1.82, 2.24) is 10.2 Å². The van der Waals surface area contributed by atoms with Gasteiger partial charge in [-0.2, -0.15) is 0 Å². The minimum absolute atomic E-state index is 0.0325. The molecule has 0 aromatic heterocycles. The van der Waals surface area contributed by atoms with Gasteiger partial charge in [-0.1, -0.05) is 84.9 Å². The third-order valence-electron chi connectivity index (χ3n) is 10.1. The number of nitrogens with two attached hydrogens (primary N) is 1. The van der Waals surface area contributed by atoms with E-state index in [9.17, 15) is 19.5 Å². The number of amides is 2. The predicted octanol–water partition coefficient (Wildman–Crippen LogP) is 7.20. The molecule has 2 saturated heterocycles. The van der Waals surface area contributed by atoms with Crippen molar-refractivity contribution in [3.8, 4) is 11.1 Å². The van der Waals surface area contributed by atoms with Crippen LogP contribution in [0.3, 0.4) is 0 Å². The molecule has 11 nitrogen and oxygen atoms in total. The molecule has 2 heterocycles. The summed E-state index contributed by atoms with van der Waals surface area (Å²) in [7, 11) is 0. The minimum Gasteiger partial charge on any atom is -0.459 e. The summed E-state index contributed by atoms with van der Waals surface area (Å²) in [4.78, 5) is 40.4. The Morgan fingerprint density at radius 1 is 0.875 bits per heavy atom. The summed E-state index contributed by atoms with van der Waals surface area (Å²) in [5.41, 5.74) is 12.1. The summed E-state index contributed by atoms with van der Waals surface area (Å²) in [6.45, 7) is 7.35. The van der Waals surface area contributed by atoms with Gasteiger partial charge in [-0.3, -0.25) is 19.3 Å². The molecule has 56 heavy (non-hydrogen) atoms. The number of nitrogen functional groups attached to an aromatic ring is 1. The Morgan fingerprint density at radius 2 is 1.57 bits per heavy atom. The number of ether oxygens (including phenoxy) is 3. The number of rotatable bonds is 14. The zero-order chi connectivity index (χ0) is 39.7. The molecule has 5 N–H and O–H groups in total. The maximum absolute atomic E-state index is 13.1. The van der Waals surface area contributed by atoms with E-state index in [4.69, 9.17) is 19.9 Å². The van der Waals surface area contributed by atoms with Gasteiger partial charge < -0.3 is 35.7 Å². The lowest BCUT2D eigenvalue weighted by Gasteiger charge is -2.38. The first-order valence-electron chi connectivity index (χ1n) is 19.5. The molecule has 0 unspecified atom stereocenters. The zero-order valence-corrected chi connectivity index (χ0v) is 32.5. The average molecular weight is 763 g/mol. The summed E-state index contributed by atoms with van der Waals surface area (Å²) < 4.78 is 19.0. The Balaban J connectivity index is 1.09. The number of nitrogens with one attached hydrogen (secondary N) is 2. The number of para-hydroxylation sites is 2. The van der Waals surface area contributed by atoms with Gasteiger partial charge in [-0.05, 0) is 86.5 Å². The van der Waals surface area contributed by atoms with E-state index in [1.807, 2.05) is 93.6 Å². The number of nitrogens with zero attached hydrogens (tertiary/aromatic N) is 1. The molecule has 11 heteroatoms. The molecule has 2 fully saturated rings. The molecule has 4 atom stereocenters. The first kappa shape index (κ1) is 40.6. The van der Waals surface area contributed by atoms with E-state index >= 15 is 0 Å². The van der Waals surface area contributed by atoms with Gasteiger partial charge in [0, 0.05) is 37.9 Å². The average Bonchev–Trinajstić information content (AvgIpc) is 3.66. The van der Waals surface area contributed by atoms with Crippen molar-refractivity contribution in [2.45, 2.75) is 103 Å². The van der Waals surface area contributed by atoms with Crippen molar-refractivity contribution in [2.75, 3.05) is 24.1 Å². The number of anilines is 2. The first-order valence-corrected chi connectivity index (χ1v) is 19.5. The molecule has 0 saturated carbocycles. The van der Waals surface area contributed by atoms with Crippen LogP contribution in [-0.4, -0.2) is 58.6 Å². The van der Waals surface area contributed by atoms with E-state index in [0.717, 1.165) is 52.8 Å². The van der Waals surface area contributed by atoms with E-state index < -0.39 is 11.9 Å². The highest BCUT2D eigenvalue weighted by atomic mass is 16.7. The van der Waals surface area contributed by atoms with Crippen molar-refractivity contribution < 1.29 is 33.7 Å². The highest BCUT2D eigenvalue weighted by Crippen LogP contribution is 2.39. The molecule has 2 amide bonds. The number of benzene rings is 4. The maximum atomic E-state index is 13.1. The zero-order valence-electron chi connectivity index (χ0n) is 32.5. The Labute approximate surface area is 329 Å². The van der Waals surface area contributed by atoms with Gasteiger partial charge in [0.2, 0.25) is 11.8 Å². The lowest BCUT2D eigenvalue weighted by atomic mass is 9.97. The SMILES string of the molecule is CC(C)(C)OC(=O)[C@@H]1CCCN1C[C@@H]1C[C@H](c2ccc(CO)cc2)O[C@H](c2ccc(-c3ccccc3CNC(=O)CCCC(=O)Nc3ccccc3N)cc2)O1. The molecular formula is C45H54N4O7. The van der Waals surface area contributed by atoms with Crippen LogP contribution in [-0.2, 0) is 41.7 Å². The normalized spacial score (nSPS) is 20.0. The molecule has 0 bridgehead atoms. The lowest BCUT2D eigenvalue weighted by Crippen LogP contribution is -2.45. The first-order chi connectivity index (χ1) is 27.0. The second-order valence-electron chi connectivity index (χ2n) is 15.6. The van der Waals surface area contributed by atoms with Gasteiger partial charge in [0.1, 0.15) is 11.6 Å². The van der Waals surface area contributed by atoms with Crippen LogP contribution < -0.4 is 16.4 Å². The van der Waals surface area contributed by atoms with Gasteiger partial charge >= 0.3 is 5.97 Å². The van der Waals surface area contributed by atoms with E-state index in [2.05, 4.69) is 15.5 Å². The second-order valence-corrected chi connectivity index (χ2v) is 15.6. The summed E-state index contributed by atoms with van der Waals surface area (Å²) in [5.74, 6) is -0.509. The minimum atomic E-state index is -0.644. The third-order valence-corrected chi connectivity index (χ3v) is 10.1. The molecule has 4 aromatic rings. The summed E-state index contributed by atoms with van der Waals surface area (Å²) >= 11 is 0. The van der Waals surface area contributed by atoms with Crippen LogP contribution in [0.5, 0.6) is 0 Å². The smallest absolute Gasteiger partial charge is 0.323 e. The monoisotopic (exact) mass is 762 g/mol. The highest BCUT2D eigenvalue weighted by Gasteiger charge is 2.39. The van der Waals surface area contributed by atoms with Crippen molar-refractivity contribution in [3.63, 3.8) is 0 Å². The number of hydrogen-bond donors (Lipinski definition) is 4. The molecule has 0 spiro atoms. The number of aliphatic hydroxyl groups is 1. The van der Waals surface area contributed by atoms with Crippen LogP contribution in [0, 0.1) is 0 Å². The topological polar surface area (TPSA) is 152 Å². The summed E-state index contributed by atoms with van der Waals surface area (Å²) in [5, 5.41) is 15.4. The molecule has 0 radical (unpaired) electrons. The van der Waals surface area contributed by atoms with E-state index in [1.54, 1.807) is 24.3 Å². The Bertz CT molecular complexity index is 1940. The molecule has 2 aliphatic rings. The molecule has 6 rings (SSSR count). The molecule has 2 aliphatic heterocycles. The number of aliphatic hydroxyl groups excluding tert-OH is 1. The molecular weight excluding hydrogens is 709 g/mol. The Kier molecular flexibility index (Phi) is 13.6. The van der Waals surface area contributed by atoms with E-state index in [0.29, 0.717) is 37.3 Å². The van der Waals surface area contributed by atoms with Crippen molar-refractivity contribution in [2.24, 2.45) is 0 Å². The van der Waals surface area contributed by atoms with Gasteiger partial charge in [0.05, 0.1) is 30.2 Å². The van der Waals surface area contributed by atoms with Crippen molar-refractivity contribution in [1.29, 1.82) is 0 Å². The maximum Gasteiger partial charge on any atom is 0.323 e. The number of carbonyl (C=O) groups excluding carboxylic acids is 3. The number of likely N-dealkylation sites (tertiary alicyclic amines) is 1. The largest absolute Gasteiger partial charge is 0.459 e. The molecule has 296 valence electrons. The fourth-order valence-electron chi connectivity index (χ4n) is 7.27. The Morgan fingerprint density at radius 3 is 2.30 bits per heavy atom. The molecule has 0 aliphatic carbocycles. The summed E-state index contributed by atoms with van der Waals surface area (Å²) in [6, 6.07) is 30.6. The van der Waals surface area contributed by atoms with Crippen LogP contribution in [0.2, 0.25) is 0 Å². The quantitative estimate of drug-likeness (QED) is 0.0772. The van der Waals surface area contributed by atoms with Crippen LogP contribution >= 0.6 is 0 Å². The van der Waals surface area contributed by atoms with E-state index in [-0.39, 0.29) is 55.5 Å². The van der Waals surface area contributed by atoms with Crippen LogP contribution in [0.25, 0.3) is 11.1 Å². The second kappa shape index (κ2) is 18.7. The highest BCUT2D eigenvalue weighted by molar-refractivity contribution is 5.94. The standard InChI is InChI=1S/C45H54N4O7/c1-45(2,3)56-43(53)39-14-9-25-49(39)28-35-26-40(32-19-17-30(29-50)18-20-32)55-44(54-35)33-23-21-31(22-24-33)36-11-5-4-10-34(36)27-47-41(51)15-8-16-42(52)48-38-13-7-6-12-37(38)46/h4-7,10-13,17-24,35,39-40,44,50H,8-9,14-16,25-29,46H2,1-3H3,(H,47,51)(H,48,52)/t35-,39-,40+,44+/m0/s1. The lowest BCUT2D eigenvalue weighted by molar-refractivity contribution is -0.253. The van der Waals surface area contributed by atoms with E-state index in [1.165, 1.54) is 0 Å². The Hall–Kier alpha value is -5.07. The van der Waals surface area contributed by atoms with Crippen molar-refractivity contribution >= 4 is 29.2 Å². The van der Waals surface area contributed by atoms with Gasteiger partial charge in [0.15, 0.2) is 6.29 Å². The van der Waals surface area contributed by atoms with Crippen LogP contribution in [0.15, 0.2) is 97.1 Å². The fraction of sp³-hybridized carbons (Fsp3) is 0.400. The summed E-state index contributed by atoms with van der Waals surface area (Å²) in [6.07, 6.45) is 2.02. The van der Waals surface area contributed by atoms with Gasteiger partial charge in [-0.25, -0.2) is 0 Å². The van der Waals surface area contributed by atoms with Gasteiger partial charge in [-0.15, -0.1) is 0 Å². The predicted molar refractivity (Wildman–Crippen MR) is 216 cm³/mol. The number of esters is 1. The van der Waals surface area contributed by atoms with Crippen LogP contribution in [0.4, 0.5) is 11.4 Å². The van der Waals surface area contributed by atoms with Gasteiger partial charge in [0.25, 0.3) is 0 Å². The van der Waals surface area contributed by atoms with Crippen molar-refractivity contribution in [3.05, 3.63) is 119 Å². The third kappa shape index (κ3) is 11.0.